The smallest absolute Gasteiger partial charge is 0.346 e. The Balaban J connectivity index is 2.92. The maximum Gasteiger partial charge on any atom is 0.346 e. The van der Waals surface area contributed by atoms with Crippen LogP contribution in [0.4, 0.5) is 0 Å². The van der Waals surface area contributed by atoms with E-state index in [9.17, 15) is 13.2 Å². The van der Waals surface area contributed by atoms with Crippen molar-refractivity contribution in [2.75, 3.05) is 13.7 Å². The Morgan fingerprint density at radius 3 is 2.67 bits per heavy atom. The molecule has 1 unspecified atom stereocenters. The molecular formula is C10H15NO5S2. The highest BCUT2D eigenvalue weighted by Gasteiger charge is 2.21. The number of carboxylic acids is 1. The number of hydrogen-bond donors (Lipinski definition) is 2. The number of hydrogen-bond acceptors (Lipinski definition) is 5. The third-order valence-corrected chi connectivity index (χ3v) is 5.44. The normalized spacial score (nSPS) is 13.5. The summed E-state index contributed by atoms with van der Waals surface area (Å²) in [4.78, 5) is 10.9. The maximum atomic E-state index is 11.9. The summed E-state index contributed by atoms with van der Waals surface area (Å²) in [5, 5.41) is 8.88. The molecule has 2 N–H and O–H groups in total. The number of methoxy groups -OCH3 is 1. The summed E-state index contributed by atoms with van der Waals surface area (Å²) in [6.07, 6.45) is -0.250. The van der Waals surface area contributed by atoms with Gasteiger partial charge in [-0.1, -0.05) is 0 Å². The fourth-order valence-corrected chi connectivity index (χ4v) is 3.72. The van der Waals surface area contributed by atoms with Crippen molar-refractivity contribution in [3.05, 3.63) is 16.5 Å². The van der Waals surface area contributed by atoms with E-state index in [0.717, 1.165) is 11.3 Å². The summed E-state index contributed by atoms with van der Waals surface area (Å²) < 4.78 is 31.1. The lowest BCUT2D eigenvalue weighted by Crippen LogP contribution is -2.31. The van der Waals surface area contributed by atoms with Gasteiger partial charge in [0.05, 0.1) is 6.10 Å². The molecule has 1 atom stereocenters. The molecule has 1 aromatic rings. The van der Waals surface area contributed by atoms with E-state index in [-0.39, 0.29) is 21.7 Å². The van der Waals surface area contributed by atoms with E-state index in [2.05, 4.69) is 4.72 Å². The van der Waals surface area contributed by atoms with Gasteiger partial charge in [0.2, 0.25) is 10.0 Å². The van der Waals surface area contributed by atoms with E-state index >= 15 is 0 Å². The number of ether oxygens (including phenoxy) is 1. The second-order valence-corrected chi connectivity index (χ2v) is 6.83. The Kier molecular flexibility index (Phi) is 4.85. The van der Waals surface area contributed by atoms with E-state index < -0.39 is 16.0 Å². The predicted molar refractivity (Wildman–Crippen MR) is 67.7 cm³/mol. The Hall–Kier alpha value is -0.960. The zero-order valence-corrected chi connectivity index (χ0v) is 11.9. The van der Waals surface area contributed by atoms with Crippen LogP contribution in [0.3, 0.4) is 0 Å². The van der Waals surface area contributed by atoms with Gasteiger partial charge < -0.3 is 9.84 Å². The lowest BCUT2D eigenvalue weighted by Gasteiger charge is -2.10. The van der Waals surface area contributed by atoms with Crippen LogP contribution in [0, 0.1) is 6.92 Å². The third-order valence-electron chi connectivity index (χ3n) is 2.32. The topological polar surface area (TPSA) is 92.7 Å². The SMILES string of the molecule is COC(C)CNS(=O)(=O)c1cc(C)c(C(=O)O)s1. The molecule has 1 rings (SSSR count). The zero-order valence-electron chi connectivity index (χ0n) is 10.3. The van der Waals surface area contributed by atoms with Gasteiger partial charge in [0.25, 0.3) is 0 Å². The summed E-state index contributed by atoms with van der Waals surface area (Å²) >= 11 is 0.743. The van der Waals surface area contributed by atoms with Gasteiger partial charge in [-0.3, -0.25) is 0 Å². The van der Waals surface area contributed by atoms with Gasteiger partial charge in [0, 0.05) is 13.7 Å². The molecule has 0 saturated heterocycles. The molecular weight excluding hydrogens is 278 g/mol. The van der Waals surface area contributed by atoms with Crippen molar-refractivity contribution < 1.29 is 23.1 Å². The van der Waals surface area contributed by atoms with E-state index in [1.54, 1.807) is 13.8 Å². The highest BCUT2D eigenvalue weighted by atomic mass is 32.2. The first-order valence-corrected chi connectivity index (χ1v) is 7.44. The van der Waals surface area contributed by atoms with Crippen LogP contribution >= 0.6 is 11.3 Å². The van der Waals surface area contributed by atoms with Gasteiger partial charge in [-0.15, -0.1) is 11.3 Å². The molecule has 0 aliphatic rings. The molecule has 102 valence electrons. The summed E-state index contributed by atoms with van der Waals surface area (Å²) in [5.74, 6) is -1.12. The number of aryl methyl sites for hydroxylation is 1. The van der Waals surface area contributed by atoms with E-state index in [1.807, 2.05) is 0 Å². The monoisotopic (exact) mass is 293 g/mol. The quantitative estimate of drug-likeness (QED) is 0.818. The lowest BCUT2D eigenvalue weighted by molar-refractivity contribution is 0.0701. The number of nitrogens with one attached hydrogen (secondary N) is 1. The third kappa shape index (κ3) is 3.52. The fourth-order valence-electron chi connectivity index (χ4n) is 1.18. The number of rotatable bonds is 6. The van der Waals surface area contributed by atoms with Gasteiger partial charge in [0.1, 0.15) is 9.09 Å². The van der Waals surface area contributed by atoms with Crippen LogP contribution in [0.25, 0.3) is 0 Å². The molecule has 0 fully saturated rings. The molecule has 18 heavy (non-hydrogen) atoms. The number of aromatic carboxylic acids is 1. The Morgan fingerprint density at radius 1 is 1.61 bits per heavy atom. The van der Waals surface area contributed by atoms with E-state index in [1.165, 1.54) is 13.2 Å². The minimum Gasteiger partial charge on any atom is -0.477 e. The zero-order chi connectivity index (χ0) is 13.9. The average Bonchev–Trinajstić information content (AvgIpc) is 2.69. The summed E-state index contributed by atoms with van der Waals surface area (Å²) in [7, 11) is -2.19. The standard InChI is InChI=1S/C10H15NO5S2/c1-6-4-8(17-9(6)10(12)13)18(14,15)11-5-7(2)16-3/h4,7,11H,5H2,1-3H3,(H,12,13). The molecule has 0 bridgehead atoms. The molecule has 0 aliphatic carbocycles. The van der Waals surface area contributed by atoms with E-state index in [4.69, 9.17) is 9.84 Å². The maximum absolute atomic E-state index is 11.9. The Morgan fingerprint density at radius 2 is 2.22 bits per heavy atom. The summed E-state index contributed by atoms with van der Waals surface area (Å²) in [6.45, 7) is 3.43. The number of carboxylic acid groups (broad SMARTS) is 1. The van der Waals surface area contributed by atoms with Gasteiger partial charge >= 0.3 is 5.97 Å². The molecule has 0 spiro atoms. The van der Waals surface area contributed by atoms with Crippen LogP contribution in [-0.2, 0) is 14.8 Å². The number of thiophene rings is 1. The summed E-state index contributed by atoms with van der Waals surface area (Å²) in [5.41, 5.74) is 0.438. The molecule has 1 aromatic heterocycles. The van der Waals surface area contributed by atoms with Crippen LogP contribution in [0.1, 0.15) is 22.2 Å². The van der Waals surface area contributed by atoms with Gasteiger partial charge in [-0.05, 0) is 25.5 Å². The minimum atomic E-state index is -3.68. The minimum absolute atomic E-state index is 0.000651. The highest BCUT2D eigenvalue weighted by molar-refractivity contribution is 7.91. The van der Waals surface area contributed by atoms with Crippen LogP contribution < -0.4 is 4.72 Å². The van der Waals surface area contributed by atoms with Crippen LogP contribution in [0.2, 0.25) is 0 Å². The molecule has 8 heteroatoms. The summed E-state index contributed by atoms with van der Waals surface area (Å²) in [6, 6.07) is 1.36. The largest absolute Gasteiger partial charge is 0.477 e. The van der Waals surface area contributed by atoms with Gasteiger partial charge in [-0.25, -0.2) is 17.9 Å². The second-order valence-electron chi connectivity index (χ2n) is 3.78. The predicted octanol–water partition coefficient (Wildman–Crippen LogP) is 1.07. The first-order valence-electron chi connectivity index (χ1n) is 5.14. The molecule has 0 saturated carbocycles. The molecule has 0 aromatic carbocycles. The number of sulfonamides is 1. The Labute approximate surface area is 110 Å². The van der Waals surface area contributed by atoms with Crippen molar-refractivity contribution in [1.29, 1.82) is 0 Å². The van der Waals surface area contributed by atoms with Gasteiger partial charge in [-0.2, -0.15) is 0 Å². The molecule has 6 nitrogen and oxygen atoms in total. The lowest BCUT2D eigenvalue weighted by atomic mass is 10.3. The molecule has 0 amide bonds. The fraction of sp³-hybridized carbons (Fsp3) is 0.500. The van der Waals surface area contributed by atoms with Crippen LogP contribution in [0.15, 0.2) is 10.3 Å². The van der Waals surface area contributed by atoms with Crippen molar-refractivity contribution in [2.24, 2.45) is 0 Å². The van der Waals surface area contributed by atoms with Crippen molar-refractivity contribution in [3.63, 3.8) is 0 Å². The van der Waals surface area contributed by atoms with Crippen molar-refractivity contribution >= 4 is 27.3 Å². The second kappa shape index (κ2) is 5.79. The average molecular weight is 293 g/mol. The van der Waals surface area contributed by atoms with Crippen LogP contribution in [0.5, 0.6) is 0 Å². The Bertz CT molecular complexity index is 534. The first kappa shape index (κ1) is 15.1. The van der Waals surface area contributed by atoms with Gasteiger partial charge in [0.15, 0.2) is 0 Å². The van der Waals surface area contributed by atoms with E-state index in [0.29, 0.717) is 5.56 Å². The molecule has 1 heterocycles. The van der Waals surface area contributed by atoms with Crippen molar-refractivity contribution in [1.82, 2.24) is 4.72 Å². The molecule has 0 radical (unpaired) electrons. The molecule has 0 aliphatic heterocycles. The van der Waals surface area contributed by atoms with Crippen molar-refractivity contribution in [2.45, 2.75) is 24.2 Å². The first-order chi connectivity index (χ1) is 8.27. The highest BCUT2D eigenvalue weighted by Crippen LogP contribution is 2.25. The van der Waals surface area contributed by atoms with Crippen molar-refractivity contribution in [3.8, 4) is 0 Å². The van der Waals surface area contributed by atoms with Crippen LogP contribution in [-0.4, -0.2) is 39.3 Å². The number of carbonyl (C=O) groups is 1.